The van der Waals surface area contributed by atoms with Gasteiger partial charge in [-0.25, -0.2) is 0 Å². The molecule has 0 fully saturated rings. The van der Waals surface area contributed by atoms with Gasteiger partial charge < -0.3 is 10.1 Å². The lowest BCUT2D eigenvalue weighted by molar-refractivity contribution is -0.115. The summed E-state index contributed by atoms with van der Waals surface area (Å²) in [5, 5.41) is 11.1. The third-order valence-corrected chi connectivity index (χ3v) is 5.56. The monoisotopic (exact) mass is 417 g/mol. The fraction of sp³-hybridized carbons (Fsp3) is 0.360. The van der Waals surface area contributed by atoms with Crippen molar-refractivity contribution in [2.45, 2.75) is 58.1 Å². The first-order chi connectivity index (χ1) is 15.0. The van der Waals surface area contributed by atoms with Gasteiger partial charge in [-0.15, -0.1) is 5.11 Å². The number of nitrogens with one attached hydrogen (secondary N) is 1. The predicted molar refractivity (Wildman–Crippen MR) is 119 cm³/mol. The molecule has 1 heterocycles. The van der Waals surface area contributed by atoms with E-state index in [4.69, 9.17) is 4.74 Å². The zero-order valence-corrected chi connectivity index (χ0v) is 17.9. The van der Waals surface area contributed by atoms with Crippen molar-refractivity contribution >= 4 is 17.5 Å². The van der Waals surface area contributed by atoms with E-state index in [0.717, 1.165) is 53.8 Å². The molecule has 1 N–H and O–H groups in total. The highest BCUT2D eigenvalue weighted by Crippen LogP contribution is 2.33. The molecule has 1 aliphatic heterocycles. The van der Waals surface area contributed by atoms with Crippen LogP contribution in [-0.2, 0) is 11.2 Å². The first-order valence-corrected chi connectivity index (χ1v) is 10.8. The van der Waals surface area contributed by atoms with Crippen LogP contribution >= 0.6 is 0 Å². The average molecular weight is 418 g/mol. The lowest BCUT2D eigenvalue weighted by atomic mass is 9.84. The summed E-state index contributed by atoms with van der Waals surface area (Å²) >= 11 is 0. The molecule has 0 aromatic heterocycles. The second kappa shape index (κ2) is 9.25. The van der Waals surface area contributed by atoms with E-state index in [1.807, 2.05) is 38.1 Å². The van der Waals surface area contributed by atoms with Crippen molar-refractivity contribution in [2.24, 2.45) is 10.2 Å². The van der Waals surface area contributed by atoms with Gasteiger partial charge in [-0.1, -0.05) is 12.1 Å². The van der Waals surface area contributed by atoms with Gasteiger partial charge in [-0.3, -0.25) is 9.59 Å². The van der Waals surface area contributed by atoms with E-state index in [9.17, 15) is 9.59 Å². The van der Waals surface area contributed by atoms with Crippen molar-refractivity contribution in [1.82, 2.24) is 0 Å². The van der Waals surface area contributed by atoms with Crippen LogP contribution in [0.2, 0.25) is 0 Å². The highest BCUT2D eigenvalue weighted by molar-refractivity contribution is 6.04. The Labute approximate surface area is 182 Å². The van der Waals surface area contributed by atoms with E-state index in [-0.39, 0.29) is 24.0 Å². The minimum atomic E-state index is -0.173. The molecule has 1 aliphatic carbocycles. The molecule has 4 rings (SSSR count). The van der Waals surface area contributed by atoms with Crippen molar-refractivity contribution in [3.05, 3.63) is 70.8 Å². The number of carbonyl (C=O) groups excluding carboxylic acids is 2. The van der Waals surface area contributed by atoms with Gasteiger partial charge in [0.25, 0.3) is 11.8 Å². The molecular formula is C25H27N3O3. The second-order valence-corrected chi connectivity index (χ2v) is 8.30. The number of hydrogen-bond acceptors (Lipinski definition) is 4. The van der Waals surface area contributed by atoms with Gasteiger partial charge in [0.2, 0.25) is 0 Å². The van der Waals surface area contributed by atoms with Gasteiger partial charge in [0, 0.05) is 23.2 Å². The highest BCUT2D eigenvalue weighted by Gasteiger charge is 2.28. The van der Waals surface area contributed by atoms with E-state index in [1.165, 1.54) is 0 Å². The minimum absolute atomic E-state index is 0.0877. The zero-order valence-electron chi connectivity index (χ0n) is 17.9. The number of ether oxygens (including phenoxy) is 1. The Morgan fingerprint density at radius 3 is 2.68 bits per heavy atom. The molecule has 1 unspecified atom stereocenters. The SMILES string of the molecule is CC(C)Oc1ccc(C(=O)Nc2cccc(CC3N=NC(=O)C4=C3CCCC4)c2)cc1. The van der Waals surface area contributed by atoms with E-state index < -0.39 is 0 Å². The number of hydrogen-bond donors (Lipinski definition) is 1. The largest absolute Gasteiger partial charge is 0.491 e. The maximum absolute atomic E-state index is 12.6. The smallest absolute Gasteiger partial charge is 0.291 e. The molecule has 2 aromatic rings. The fourth-order valence-corrected chi connectivity index (χ4v) is 4.12. The number of amides is 2. The average Bonchev–Trinajstić information content (AvgIpc) is 2.76. The van der Waals surface area contributed by atoms with Gasteiger partial charge in [0.05, 0.1) is 12.1 Å². The normalized spacial score (nSPS) is 18.2. The van der Waals surface area contributed by atoms with Crippen LogP contribution in [0.15, 0.2) is 69.9 Å². The van der Waals surface area contributed by atoms with E-state index >= 15 is 0 Å². The Kier molecular flexibility index (Phi) is 6.26. The fourth-order valence-electron chi connectivity index (χ4n) is 4.12. The Balaban J connectivity index is 1.44. The number of anilines is 1. The first kappa shape index (κ1) is 21.0. The summed E-state index contributed by atoms with van der Waals surface area (Å²) in [5.41, 5.74) is 4.35. The highest BCUT2D eigenvalue weighted by atomic mass is 16.5. The van der Waals surface area contributed by atoms with Gasteiger partial charge >= 0.3 is 0 Å². The Morgan fingerprint density at radius 2 is 1.90 bits per heavy atom. The molecule has 6 heteroatoms. The molecule has 0 bridgehead atoms. The van der Waals surface area contributed by atoms with Gasteiger partial charge in [0.1, 0.15) is 5.75 Å². The van der Waals surface area contributed by atoms with Crippen molar-refractivity contribution in [1.29, 1.82) is 0 Å². The summed E-state index contributed by atoms with van der Waals surface area (Å²) in [5.74, 6) is 0.398. The summed E-state index contributed by atoms with van der Waals surface area (Å²) in [6.07, 6.45) is 4.61. The standard InChI is InChI=1S/C25H27N3O3/c1-16(2)31-20-12-10-18(11-13-20)24(29)26-19-7-5-6-17(14-19)15-23-21-8-3-4-9-22(21)25(30)28-27-23/h5-7,10-14,16,23H,3-4,8-9,15H2,1-2H3,(H,26,29). The Hall–Kier alpha value is -3.28. The van der Waals surface area contributed by atoms with E-state index in [0.29, 0.717) is 12.0 Å². The molecule has 0 saturated heterocycles. The summed E-state index contributed by atoms with van der Waals surface area (Å²) in [4.78, 5) is 24.7. The summed E-state index contributed by atoms with van der Waals surface area (Å²) in [6.45, 7) is 3.93. The summed E-state index contributed by atoms with van der Waals surface area (Å²) in [7, 11) is 0. The van der Waals surface area contributed by atoms with Crippen molar-refractivity contribution in [2.75, 3.05) is 5.32 Å². The van der Waals surface area contributed by atoms with Crippen LogP contribution in [0.4, 0.5) is 5.69 Å². The molecule has 2 aliphatic rings. The number of benzene rings is 2. The number of azo groups is 1. The Bertz CT molecular complexity index is 1040. The molecular weight excluding hydrogens is 390 g/mol. The lowest BCUT2D eigenvalue weighted by Gasteiger charge is -2.25. The molecule has 160 valence electrons. The Morgan fingerprint density at radius 1 is 1.13 bits per heavy atom. The van der Waals surface area contributed by atoms with Crippen LogP contribution in [0.5, 0.6) is 5.75 Å². The van der Waals surface area contributed by atoms with Gasteiger partial charge in [-0.2, -0.15) is 5.11 Å². The van der Waals surface area contributed by atoms with Crippen molar-refractivity contribution in [3.63, 3.8) is 0 Å². The van der Waals surface area contributed by atoms with Crippen LogP contribution in [0, 0.1) is 0 Å². The maximum Gasteiger partial charge on any atom is 0.291 e. The molecule has 2 aromatic carbocycles. The van der Waals surface area contributed by atoms with Crippen molar-refractivity contribution in [3.8, 4) is 5.75 Å². The third kappa shape index (κ3) is 5.08. The topological polar surface area (TPSA) is 80.1 Å². The van der Waals surface area contributed by atoms with E-state index in [2.05, 4.69) is 15.5 Å². The van der Waals surface area contributed by atoms with Crippen molar-refractivity contribution < 1.29 is 14.3 Å². The number of carbonyl (C=O) groups is 2. The van der Waals surface area contributed by atoms with Crippen LogP contribution < -0.4 is 10.1 Å². The van der Waals surface area contributed by atoms with Crippen LogP contribution in [0.3, 0.4) is 0 Å². The first-order valence-electron chi connectivity index (χ1n) is 10.8. The predicted octanol–water partition coefficient (Wildman–Crippen LogP) is 5.50. The molecule has 6 nitrogen and oxygen atoms in total. The second-order valence-electron chi connectivity index (χ2n) is 8.30. The lowest BCUT2D eigenvalue weighted by Crippen LogP contribution is -2.23. The van der Waals surface area contributed by atoms with Gasteiger partial charge in [0.15, 0.2) is 0 Å². The molecule has 2 amide bonds. The third-order valence-electron chi connectivity index (χ3n) is 5.56. The quantitative estimate of drug-likeness (QED) is 0.674. The minimum Gasteiger partial charge on any atom is -0.491 e. The van der Waals surface area contributed by atoms with E-state index in [1.54, 1.807) is 24.3 Å². The number of nitrogens with zero attached hydrogens (tertiary/aromatic N) is 2. The molecule has 0 saturated carbocycles. The van der Waals surface area contributed by atoms with Crippen LogP contribution in [0.1, 0.15) is 55.5 Å². The van der Waals surface area contributed by atoms with Gasteiger partial charge in [-0.05, 0) is 87.1 Å². The molecule has 0 spiro atoms. The number of rotatable bonds is 6. The molecule has 0 radical (unpaired) electrons. The zero-order chi connectivity index (χ0) is 21.8. The van der Waals surface area contributed by atoms with Crippen LogP contribution in [-0.4, -0.2) is 24.0 Å². The summed E-state index contributed by atoms with van der Waals surface area (Å²) < 4.78 is 5.63. The molecule has 1 atom stereocenters. The summed E-state index contributed by atoms with van der Waals surface area (Å²) in [6, 6.07) is 14.8. The van der Waals surface area contributed by atoms with Crippen LogP contribution in [0.25, 0.3) is 0 Å². The maximum atomic E-state index is 12.6. The molecule has 31 heavy (non-hydrogen) atoms.